The van der Waals surface area contributed by atoms with Crippen LogP contribution < -0.4 is 5.32 Å². The van der Waals surface area contributed by atoms with E-state index in [4.69, 9.17) is 23.2 Å². The molecule has 4 rings (SSSR count). The SMILES string of the molecule is O=C(NCCc1ccc(Cl)cc1)c1ccc([C@H]2SCC(=O)N2Cc2ccc(Cl)cc2)cc1. The highest BCUT2D eigenvalue weighted by atomic mass is 35.5. The van der Waals surface area contributed by atoms with Crippen molar-refractivity contribution in [2.45, 2.75) is 18.3 Å². The molecule has 1 atom stereocenters. The van der Waals surface area contributed by atoms with Gasteiger partial charge in [0, 0.05) is 28.7 Å². The lowest BCUT2D eigenvalue weighted by molar-refractivity contribution is -0.128. The van der Waals surface area contributed by atoms with Crippen molar-refractivity contribution in [2.75, 3.05) is 12.3 Å². The third-order valence-corrected chi connectivity index (χ3v) is 7.06. The zero-order valence-corrected chi connectivity index (χ0v) is 19.6. The van der Waals surface area contributed by atoms with Crippen molar-refractivity contribution in [1.29, 1.82) is 0 Å². The highest BCUT2D eigenvalue weighted by Gasteiger charge is 2.32. The smallest absolute Gasteiger partial charge is 0.251 e. The normalized spacial score (nSPS) is 15.8. The first-order valence-corrected chi connectivity index (χ1v) is 12.1. The molecule has 2 amide bonds. The van der Waals surface area contributed by atoms with Gasteiger partial charge in [-0.15, -0.1) is 11.8 Å². The zero-order valence-electron chi connectivity index (χ0n) is 17.3. The summed E-state index contributed by atoms with van der Waals surface area (Å²) in [5.74, 6) is 0.447. The molecule has 1 aliphatic heterocycles. The molecule has 1 aliphatic rings. The Morgan fingerprint density at radius 1 is 0.906 bits per heavy atom. The van der Waals surface area contributed by atoms with E-state index in [1.54, 1.807) is 11.8 Å². The number of benzene rings is 3. The highest BCUT2D eigenvalue weighted by Crippen LogP contribution is 2.39. The number of hydrogen-bond acceptors (Lipinski definition) is 3. The van der Waals surface area contributed by atoms with Crippen molar-refractivity contribution in [1.82, 2.24) is 10.2 Å². The Labute approximate surface area is 201 Å². The monoisotopic (exact) mass is 484 g/mol. The van der Waals surface area contributed by atoms with Crippen molar-refractivity contribution < 1.29 is 9.59 Å². The van der Waals surface area contributed by atoms with Crippen LogP contribution in [-0.4, -0.2) is 29.0 Å². The van der Waals surface area contributed by atoms with Gasteiger partial charge in [0.15, 0.2) is 0 Å². The van der Waals surface area contributed by atoms with Gasteiger partial charge in [-0.2, -0.15) is 0 Å². The van der Waals surface area contributed by atoms with E-state index in [9.17, 15) is 9.59 Å². The molecule has 0 spiro atoms. The number of nitrogens with zero attached hydrogens (tertiary/aromatic N) is 1. The van der Waals surface area contributed by atoms with E-state index in [2.05, 4.69) is 5.32 Å². The molecule has 0 bridgehead atoms. The van der Waals surface area contributed by atoms with Gasteiger partial charge >= 0.3 is 0 Å². The van der Waals surface area contributed by atoms with E-state index in [1.807, 2.05) is 77.7 Å². The molecule has 164 valence electrons. The molecule has 4 nitrogen and oxygen atoms in total. The third kappa shape index (κ3) is 5.66. The maximum atomic E-state index is 12.5. The number of thioether (sulfide) groups is 1. The van der Waals surface area contributed by atoms with E-state index < -0.39 is 0 Å². The molecule has 1 N–H and O–H groups in total. The van der Waals surface area contributed by atoms with Gasteiger partial charge in [-0.3, -0.25) is 9.59 Å². The molecule has 1 heterocycles. The summed E-state index contributed by atoms with van der Waals surface area (Å²) in [4.78, 5) is 26.8. The molecule has 0 unspecified atom stereocenters. The average Bonchev–Trinajstić information content (AvgIpc) is 3.16. The minimum Gasteiger partial charge on any atom is -0.352 e. The Balaban J connectivity index is 1.36. The summed E-state index contributed by atoms with van der Waals surface area (Å²) >= 11 is 13.5. The number of carbonyl (C=O) groups is 2. The van der Waals surface area contributed by atoms with Crippen LogP contribution in [0.25, 0.3) is 0 Å². The quantitative estimate of drug-likeness (QED) is 0.464. The van der Waals surface area contributed by atoms with Crippen LogP contribution in [0.2, 0.25) is 10.0 Å². The highest BCUT2D eigenvalue weighted by molar-refractivity contribution is 8.00. The van der Waals surface area contributed by atoms with Crippen LogP contribution >= 0.6 is 35.0 Å². The van der Waals surface area contributed by atoms with Crippen molar-refractivity contribution in [3.05, 3.63) is 105 Å². The van der Waals surface area contributed by atoms with Crippen molar-refractivity contribution in [3.63, 3.8) is 0 Å². The molecule has 3 aromatic rings. The number of halogens is 2. The van der Waals surface area contributed by atoms with Crippen LogP contribution in [0, 0.1) is 0 Å². The van der Waals surface area contributed by atoms with Gasteiger partial charge in [0.1, 0.15) is 5.37 Å². The van der Waals surface area contributed by atoms with Crippen LogP contribution in [-0.2, 0) is 17.8 Å². The second-order valence-corrected chi connectivity index (χ2v) is 9.51. The minimum atomic E-state index is -0.112. The number of amides is 2. The lowest BCUT2D eigenvalue weighted by atomic mass is 10.1. The van der Waals surface area contributed by atoms with Gasteiger partial charge in [-0.1, -0.05) is 59.6 Å². The Bertz CT molecular complexity index is 1090. The Morgan fingerprint density at radius 2 is 1.50 bits per heavy atom. The standard InChI is InChI=1S/C25H22Cl2N2O2S/c26-21-9-1-17(2-10-21)13-14-28-24(31)19-5-7-20(8-6-19)25-29(23(30)16-32-25)15-18-3-11-22(27)12-4-18/h1-12,25H,13-16H2,(H,28,31)/t25-/m1/s1. The maximum Gasteiger partial charge on any atom is 0.251 e. The second kappa shape index (κ2) is 10.4. The first-order chi connectivity index (χ1) is 15.5. The van der Waals surface area contributed by atoms with Crippen LogP contribution in [0.3, 0.4) is 0 Å². The molecular formula is C25H22Cl2N2O2S. The van der Waals surface area contributed by atoms with Gasteiger partial charge in [0.05, 0.1) is 5.75 Å². The number of hydrogen-bond donors (Lipinski definition) is 1. The van der Waals surface area contributed by atoms with Crippen molar-refractivity contribution in [2.24, 2.45) is 0 Å². The second-order valence-electron chi connectivity index (χ2n) is 7.57. The maximum absolute atomic E-state index is 12.5. The molecular weight excluding hydrogens is 463 g/mol. The topological polar surface area (TPSA) is 49.4 Å². The summed E-state index contributed by atoms with van der Waals surface area (Å²) in [5.41, 5.74) is 3.76. The lowest BCUT2D eigenvalue weighted by Crippen LogP contribution is -2.28. The fraction of sp³-hybridized carbons (Fsp3) is 0.200. The molecule has 0 radical (unpaired) electrons. The molecule has 3 aromatic carbocycles. The van der Waals surface area contributed by atoms with E-state index in [-0.39, 0.29) is 17.2 Å². The van der Waals surface area contributed by atoms with Crippen LogP contribution in [0.15, 0.2) is 72.8 Å². The number of rotatable bonds is 7. The Kier molecular flexibility index (Phi) is 7.40. The first kappa shape index (κ1) is 22.7. The summed E-state index contributed by atoms with van der Waals surface area (Å²) < 4.78 is 0. The van der Waals surface area contributed by atoms with E-state index in [0.717, 1.165) is 23.1 Å². The summed E-state index contributed by atoms with van der Waals surface area (Å²) in [7, 11) is 0. The minimum absolute atomic E-state index is 0.0693. The van der Waals surface area contributed by atoms with E-state index in [1.165, 1.54) is 0 Å². The Hall–Kier alpha value is -2.47. The fourth-order valence-electron chi connectivity index (χ4n) is 3.56. The van der Waals surface area contributed by atoms with Crippen molar-refractivity contribution in [3.8, 4) is 0 Å². The molecule has 0 aliphatic carbocycles. The van der Waals surface area contributed by atoms with E-state index in [0.29, 0.717) is 34.5 Å². The molecule has 0 aromatic heterocycles. The van der Waals surface area contributed by atoms with Crippen LogP contribution in [0.5, 0.6) is 0 Å². The number of nitrogens with one attached hydrogen (secondary N) is 1. The summed E-state index contributed by atoms with van der Waals surface area (Å²) in [5, 5.41) is 4.26. The van der Waals surface area contributed by atoms with E-state index >= 15 is 0 Å². The van der Waals surface area contributed by atoms with Gasteiger partial charge in [0.25, 0.3) is 5.91 Å². The molecule has 1 saturated heterocycles. The molecule has 7 heteroatoms. The predicted molar refractivity (Wildman–Crippen MR) is 131 cm³/mol. The van der Waals surface area contributed by atoms with Gasteiger partial charge in [0.2, 0.25) is 5.91 Å². The number of carbonyl (C=O) groups excluding carboxylic acids is 2. The summed E-state index contributed by atoms with van der Waals surface area (Å²) in [6, 6.07) is 22.6. The largest absolute Gasteiger partial charge is 0.352 e. The lowest BCUT2D eigenvalue weighted by Gasteiger charge is -2.24. The zero-order chi connectivity index (χ0) is 22.5. The molecule has 1 fully saturated rings. The van der Waals surface area contributed by atoms with Crippen molar-refractivity contribution >= 4 is 46.8 Å². The molecule has 32 heavy (non-hydrogen) atoms. The van der Waals surface area contributed by atoms with Gasteiger partial charge in [-0.25, -0.2) is 0 Å². The van der Waals surface area contributed by atoms with Gasteiger partial charge in [-0.05, 0) is 59.5 Å². The summed E-state index contributed by atoms with van der Waals surface area (Å²) in [6.45, 7) is 1.07. The third-order valence-electron chi connectivity index (χ3n) is 5.30. The first-order valence-electron chi connectivity index (χ1n) is 10.3. The molecule has 0 saturated carbocycles. The fourth-order valence-corrected chi connectivity index (χ4v) is 5.00. The van der Waals surface area contributed by atoms with Gasteiger partial charge < -0.3 is 10.2 Å². The average molecular weight is 485 g/mol. The van der Waals surface area contributed by atoms with Crippen LogP contribution in [0.1, 0.15) is 32.4 Å². The Morgan fingerprint density at radius 3 is 2.12 bits per heavy atom. The predicted octanol–water partition coefficient (Wildman–Crippen LogP) is 5.74. The van der Waals surface area contributed by atoms with Crippen LogP contribution in [0.4, 0.5) is 0 Å². The summed E-state index contributed by atoms with van der Waals surface area (Å²) in [6.07, 6.45) is 0.738.